The first-order chi connectivity index (χ1) is 11.7. The number of rotatable bonds is 6. The summed E-state index contributed by atoms with van der Waals surface area (Å²) in [6.45, 7) is 4.13. The predicted molar refractivity (Wildman–Crippen MR) is 95.0 cm³/mol. The minimum Gasteiger partial charge on any atom is -0.339 e. The van der Waals surface area contributed by atoms with Crippen molar-refractivity contribution in [3.63, 3.8) is 0 Å². The summed E-state index contributed by atoms with van der Waals surface area (Å²) in [6, 6.07) is 4.47. The summed E-state index contributed by atoms with van der Waals surface area (Å²) in [4.78, 5) is 24.6. The molecule has 0 bridgehead atoms. The van der Waals surface area contributed by atoms with Crippen molar-refractivity contribution in [3.05, 3.63) is 39.4 Å². The van der Waals surface area contributed by atoms with Gasteiger partial charge in [-0.25, -0.2) is 8.42 Å². The van der Waals surface area contributed by atoms with E-state index >= 15 is 0 Å². The van der Waals surface area contributed by atoms with E-state index in [1.807, 2.05) is 6.92 Å². The topological polar surface area (TPSA) is 97.6 Å². The normalized spacial score (nSPS) is 18.2. The van der Waals surface area contributed by atoms with E-state index in [1.54, 1.807) is 11.0 Å². The lowest BCUT2D eigenvalue weighted by Crippen LogP contribution is -2.45. The van der Waals surface area contributed by atoms with Gasteiger partial charge in [0, 0.05) is 24.2 Å². The van der Waals surface area contributed by atoms with Crippen molar-refractivity contribution in [3.8, 4) is 0 Å². The van der Waals surface area contributed by atoms with E-state index in [1.165, 1.54) is 19.1 Å². The van der Waals surface area contributed by atoms with Gasteiger partial charge in [-0.3, -0.25) is 14.9 Å². The highest BCUT2D eigenvalue weighted by atomic mass is 32.2. The maximum atomic E-state index is 12.5. The number of amides is 1. The van der Waals surface area contributed by atoms with Gasteiger partial charge in [-0.05, 0) is 38.2 Å². The first kappa shape index (κ1) is 19.4. The van der Waals surface area contributed by atoms with Crippen LogP contribution in [0.25, 0.3) is 0 Å². The fourth-order valence-corrected chi connectivity index (χ4v) is 4.77. The van der Waals surface area contributed by atoms with Crippen LogP contribution >= 0.6 is 0 Å². The molecule has 0 radical (unpaired) electrons. The Morgan fingerprint density at radius 3 is 2.72 bits per heavy atom. The number of nitro benzene ring substituents is 1. The molecule has 1 amide bonds. The molecule has 0 aromatic heterocycles. The number of carbonyl (C=O) groups excluding carboxylic acids is 1. The number of likely N-dealkylation sites (tertiary alicyclic amines) is 1. The number of nitrogens with zero attached hydrogens (tertiary/aromatic N) is 2. The smallest absolute Gasteiger partial charge is 0.272 e. The molecule has 0 aliphatic carbocycles. The fourth-order valence-electron chi connectivity index (χ4n) is 3.34. The van der Waals surface area contributed by atoms with Crippen LogP contribution in [0.5, 0.6) is 0 Å². The van der Waals surface area contributed by atoms with Crippen molar-refractivity contribution in [1.82, 2.24) is 4.90 Å². The zero-order valence-corrected chi connectivity index (χ0v) is 15.4. The minimum atomic E-state index is -3.69. The maximum absolute atomic E-state index is 12.5. The van der Waals surface area contributed by atoms with Crippen molar-refractivity contribution < 1.29 is 18.1 Å². The summed E-state index contributed by atoms with van der Waals surface area (Å²) in [5.74, 6) is -1.28. The van der Waals surface area contributed by atoms with Gasteiger partial charge in [-0.2, -0.15) is 0 Å². The van der Waals surface area contributed by atoms with E-state index in [2.05, 4.69) is 0 Å². The highest BCUT2D eigenvalue weighted by Gasteiger charge is 2.29. The van der Waals surface area contributed by atoms with Gasteiger partial charge >= 0.3 is 0 Å². The van der Waals surface area contributed by atoms with Crippen LogP contribution in [-0.2, 0) is 20.4 Å². The average molecular weight is 368 g/mol. The zero-order chi connectivity index (χ0) is 18.6. The van der Waals surface area contributed by atoms with Gasteiger partial charge in [0.15, 0.2) is 9.84 Å². The van der Waals surface area contributed by atoms with E-state index < -0.39 is 20.5 Å². The lowest BCUT2D eigenvalue weighted by molar-refractivity contribution is -0.385. The molecule has 2 rings (SSSR count). The zero-order valence-electron chi connectivity index (χ0n) is 14.6. The number of piperidine rings is 1. The van der Waals surface area contributed by atoms with Gasteiger partial charge in [-0.15, -0.1) is 0 Å². The second-order valence-corrected chi connectivity index (χ2v) is 8.56. The standard InChI is InChI=1S/C17H24N2O5S/c1-3-15-8-4-5-10-18(15)17(20)12-25(23,24)11-14-7-6-9-16(13(14)2)19(21)22/h6-7,9,15H,3-5,8,10-12H2,1-2H3/t15-/m1/s1. The molecule has 0 N–H and O–H groups in total. The monoisotopic (exact) mass is 368 g/mol. The Kier molecular flexibility index (Phi) is 6.16. The Balaban J connectivity index is 2.13. The summed E-state index contributed by atoms with van der Waals surface area (Å²) in [5.41, 5.74) is 0.585. The van der Waals surface area contributed by atoms with E-state index in [0.717, 1.165) is 25.7 Å². The molecule has 1 heterocycles. The van der Waals surface area contributed by atoms with Crippen molar-refractivity contribution in [2.75, 3.05) is 12.3 Å². The molecule has 1 aromatic rings. The fraction of sp³-hybridized carbons (Fsp3) is 0.588. The van der Waals surface area contributed by atoms with Crippen LogP contribution in [0.4, 0.5) is 5.69 Å². The van der Waals surface area contributed by atoms with Crippen LogP contribution < -0.4 is 0 Å². The molecule has 1 atom stereocenters. The lowest BCUT2D eigenvalue weighted by atomic mass is 10.0. The molecule has 0 unspecified atom stereocenters. The largest absolute Gasteiger partial charge is 0.339 e. The Morgan fingerprint density at radius 2 is 2.08 bits per heavy atom. The lowest BCUT2D eigenvalue weighted by Gasteiger charge is -2.35. The summed E-state index contributed by atoms with van der Waals surface area (Å²) in [6.07, 6.45) is 3.68. The van der Waals surface area contributed by atoms with Crippen LogP contribution in [-0.4, -0.2) is 42.5 Å². The molecule has 0 spiro atoms. The molecular formula is C17H24N2O5S. The van der Waals surface area contributed by atoms with Gasteiger partial charge < -0.3 is 4.90 Å². The summed E-state index contributed by atoms with van der Waals surface area (Å²) >= 11 is 0. The van der Waals surface area contributed by atoms with E-state index in [0.29, 0.717) is 17.7 Å². The number of hydrogen-bond acceptors (Lipinski definition) is 5. The van der Waals surface area contributed by atoms with Gasteiger partial charge in [0.2, 0.25) is 5.91 Å². The first-order valence-electron chi connectivity index (χ1n) is 8.48. The molecule has 0 saturated carbocycles. The highest BCUT2D eigenvalue weighted by molar-refractivity contribution is 7.91. The third-order valence-electron chi connectivity index (χ3n) is 4.75. The first-order valence-corrected chi connectivity index (χ1v) is 10.3. The van der Waals surface area contributed by atoms with Crippen molar-refractivity contribution in [2.24, 2.45) is 0 Å². The molecular weight excluding hydrogens is 344 g/mol. The van der Waals surface area contributed by atoms with E-state index in [9.17, 15) is 23.3 Å². The number of benzene rings is 1. The summed E-state index contributed by atoms with van der Waals surface area (Å²) < 4.78 is 24.9. The molecule has 1 aliphatic rings. The third kappa shape index (κ3) is 4.78. The molecule has 8 heteroatoms. The predicted octanol–water partition coefficient (Wildman–Crippen LogP) is 2.61. The Morgan fingerprint density at radius 1 is 1.36 bits per heavy atom. The second kappa shape index (κ2) is 7.95. The van der Waals surface area contributed by atoms with E-state index in [4.69, 9.17) is 0 Å². The van der Waals surface area contributed by atoms with Crippen LogP contribution in [0.2, 0.25) is 0 Å². The quantitative estimate of drug-likeness (QED) is 0.568. The van der Waals surface area contributed by atoms with Crippen molar-refractivity contribution >= 4 is 21.4 Å². The summed E-state index contributed by atoms with van der Waals surface area (Å²) in [5, 5.41) is 11.0. The number of nitro groups is 1. The second-order valence-electron chi connectivity index (χ2n) is 6.50. The van der Waals surface area contributed by atoms with Gasteiger partial charge in [0.05, 0.1) is 10.7 Å². The molecule has 1 aliphatic heterocycles. The van der Waals surface area contributed by atoms with Gasteiger partial charge in [0.1, 0.15) is 5.75 Å². The molecule has 1 fully saturated rings. The van der Waals surface area contributed by atoms with E-state index in [-0.39, 0.29) is 23.4 Å². The van der Waals surface area contributed by atoms with Crippen LogP contribution in [0.15, 0.2) is 18.2 Å². The maximum Gasteiger partial charge on any atom is 0.272 e. The average Bonchev–Trinajstić information content (AvgIpc) is 2.55. The molecule has 25 heavy (non-hydrogen) atoms. The van der Waals surface area contributed by atoms with Crippen molar-refractivity contribution in [2.45, 2.75) is 51.3 Å². The highest BCUT2D eigenvalue weighted by Crippen LogP contribution is 2.24. The Labute approximate surface area is 148 Å². The Bertz CT molecular complexity index is 760. The van der Waals surface area contributed by atoms with Crippen LogP contribution in [0.3, 0.4) is 0 Å². The molecule has 138 valence electrons. The van der Waals surface area contributed by atoms with Crippen LogP contribution in [0, 0.1) is 17.0 Å². The van der Waals surface area contributed by atoms with Gasteiger partial charge in [0.25, 0.3) is 5.69 Å². The Hall–Kier alpha value is -1.96. The minimum absolute atomic E-state index is 0.107. The molecule has 7 nitrogen and oxygen atoms in total. The van der Waals surface area contributed by atoms with Gasteiger partial charge in [-0.1, -0.05) is 19.1 Å². The molecule has 1 aromatic carbocycles. The summed E-state index contributed by atoms with van der Waals surface area (Å²) in [7, 11) is -3.69. The molecule has 1 saturated heterocycles. The van der Waals surface area contributed by atoms with Crippen molar-refractivity contribution in [1.29, 1.82) is 0 Å². The number of carbonyl (C=O) groups is 1. The van der Waals surface area contributed by atoms with Crippen LogP contribution in [0.1, 0.15) is 43.7 Å². The number of hydrogen-bond donors (Lipinski definition) is 0. The third-order valence-corrected chi connectivity index (χ3v) is 6.19. The SMILES string of the molecule is CC[C@@H]1CCCCN1C(=O)CS(=O)(=O)Cc1cccc([N+](=O)[O-])c1C. The number of sulfone groups is 1.